The lowest BCUT2D eigenvalue weighted by Gasteiger charge is -2.22. The van der Waals surface area contributed by atoms with Crippen molar-refractivity contribution in [3.05, 3.63) is 11.9 Å². The minimum atomic E-state index is -0.980. The molecular formula is C11H17N5O3S. The molecule has 0 spiro atoms. The quantitative estimate of drug-likeness (QED) is 0.623. The van der Waals surface area contributed by atoms with Crippen molar-refractivity contribution >= 4 is 23.6 Å². The summed E-state index contributed by atoms with van der Waals surface area (Å²) < 4.78 is 1.23. The number of hydrogen-bond donors (Lipinski definition) is 3. The average molecular weight is 299 g/mol. The number of carbonyl (C=O) groups is 2. The van der Waals surface area contributed by atoms with Crippen molar-refractivity contribution in [2.45, 2.75) is 25.6 Å². The predicted octanol–water partition coefficient (Wildman–Crippen LogP) is -0.926. The molecule has 1 aliphatic rings. The van der Waals surface area contributed by atoms with Crippen LogP contribution in [-0.4, -0.2) is 56.1 Å². The Kier molecular flexibility index (Phi) is 5.36. The third-order valence-corrected chi connectivity index (χ3v) is 3.91. The van der Waals surface area contributed by atoms with Crippen LogP contribution in [0.3, 0.4) is 0 Å². The van der Waals surface area contributed by atoms with E-state index in [4.69, 9.17) is 5.11 Å². The van der Waals surface area contributed by atoms with Gasteiger partial charge in [0, 0.05) is 30.5 Å². The first-order chi connectivity index (χ1) is 9.63. The van der Waals surface area contributed by atoms with Gasteiger partial charge in [0.05, 0.1) is 12.7 Å². The first-order valence-corrected chi connectivity index (χ1v) is 7.47. The highest BCUT2D eigenvalue weighted by atomic mass is 32.2. The molecule has 1 saturated heterocycles. The number of aromatic nitrogens is 3. The topological polar surface area (TPSA) is 109 Å². The molecule has 0 aliphatic carbocycles. The first-order valence-electron chi connectivity index (χ1n) is 6.32. The van der Waals surface area contributed by atoms with E-state index in [1.165, 1.54) is 10.9 Å². The van der Waals surface area contributed by atoms with Gasteiger partial charge in [0.15, 0.2) is 0 Å². The number of carboxylic acid groups (broad SMARTS) is 1. The normalized spacial score (nSPS) is 18.7. The van der Waals surface area contributed by atoms with Crippen molar-refractivity contribution in [1.82, 2.24) is 25.6 Å². The molecule has 1 atom stereocenters. The zero-order valence-electron chi connectivity index (χ0n) is 10.9. The zero-order valence-corrected chi connectivity index (χ0v) is 11.7. The molecule has 1 fully saturated rings. The SMILES string of the molecule is O=C(O)Cn1cc(CNC(=O)CC2CSCCN2)nn1. The van der Waals surface area contributed by atoms with Crippen LogP contribution in [-0.2, 0) is 22.7 Å². The maximum atomic E-state index is 11.8. The number of nitrogens with one attached hydrogen (secondary N) is 2. The van der Waals surface area contributed by atoms with Gasteiger partial charge in [0.25, 0.3) is 0 Å². The summed E-state index contributed by atoms with van der Waals surface area (Å²) in [5.74, 6) is 1.01. The van der Waals surface area contributed by atoms with E-state index >= 15 is 0 Å². The highest BCUT2D eigenvalue weighted by Crippen LogP contribution is 2.10. The number of rotatable bonds is 6. The lowest BCUT2D eigenvalue weighted by molar-refractivity contribution is -0.138. The molecule has 8 nitrogen and oxygen atoms in total. The van der Waals surface area contributed by atoms with Gasteiger partial charge in [-0.2, -0.15) is 11.8 Å². The van der Waals surface area contributed by atoms with E-state index < -0.39 is 5.97 Å². The second kappa shape index (κ2) is 7.25. The van der Waals surface area contributed by atoms with Gasteiger partial charge in [0.2, 0.25) is 5.91 Å². The lowest BCUT2D eigenvalue weighted by atomic mass is 10.2. The Labute approximate surface area is 120 Å². The average Bonchev–Trinajstić information content (AvgIpc) is 2.84. The number of amides is 1. The van der Waals surface area contributed by atoms with E-state index in [2.05, 4.69) is 20.9 Å². The second-order valence-electron chi connectivity index (χ2n) is 4.51. The predicted molar refractivity (Wildman–Crippen MR) is 73.2 cm³/mol. The summed E-state index contributed by atoms with van der Waals surface area (Å²) >= 11 is 1.84. The molecule has 20 heavy (non-hydrogen) atoms. The molecule has 1 unspecified atom stereocenters. The Morgan fingerprint density at radius 3 is 3.15 bits per heavy atom. The van der Waals surface area contributed by atoms with Gasteiger partial charge in [-0.25, -0.2) is 4.68 Å². The molecule has 0 saturated carbocycles. The summed E-state index contributed by atoms with van der Waals surface area (Å²) in [6, 6.07) is 0.219. The second-order valence-corrected chi connectivity index (χ2v) is 5.66. The Hall–Kier alpha value is -1.61. The minimum Gasteiger partial charge on any atom is -0.480 e. The fourth-order valence-corrected chi connectivity index (χ4v) is 2.82. The van der Waals surface area contributed by atoms with Crippen LogP contribution in [0.4, 0.5) is 0 Å². The fourth-order valence-electron chi connectivity index (χ4n) is 1.87. The number of thioether (sulfide) groups is 1. The maximum Gasteiger partial charge on any atom is 0.325 e. The van der Waals surface area contributed by atoms with Crippen LogP contribution in [0, 0.1) is 0 Å². The van der Waals surface area contributed by atoms with Gasteiger partial charge >= 0.3 is 5.97 Å². The Morgan fingerprint density at radius 2 is 2.45 bits per heavy atom. The van der Waals surface area contributed by atoms with Crippen LogP contribution in [0.15, 0.2) is 6.20 Å². The molecule has 1 aliphatic heterocycles. The fraction of sp³-hybridized carbons (Fsp3) is 0.636. The van der Waals surface area contributed by atoms with Crippen molar-refractivity contribution in [3.63, 3.8) is 0 Å². The smallest absolute Gasteiger partial charge is 0.325 e. The summed E-state index contributed by atoms with van der Waals surface area (Å²) in [4.78, 5) is 22.3. The van der Waals surface area contributed by atoms with Crippen LogP contribution in [0.5, 0.6) is 0 Å². The lowest BCUT2D eigenvalue weighted by Crippen LogP contribution is -2.41. The minimum absolute atomic E-state index is 0.0437. The molecule has 0 radical (unpaired) electrons. The van der Waals surface area contributed by atoms with Crippen molar-refractivity contribution in [2.75, 3.05) is 18.1 Å². The van der Waals surface area contributed by atoms with E-state index in [1.807, 2.05) is 11.8 Å². The van der Waals surface area contributed by atoms with Gasteiger partial charge in [-0.3, -0.25) is 9.59 Å². The Bertz CT molecular complexity index is 472. The van der Waals surface area contributed by atoms with Crippen molar-refractivity contribution < 1.29 is 14.7 Å². The molecule has 1 aromatic rings. The Balaban J connectivity index is 1.72. The molecule has 1 aromatic heterocycles. The molecule has 110 valence electrons. The third kappa shape index (κ3) is 4.82. The standard InChI is InChI=1S/C11H17N5O3S/c17-10(3-8-7-20-2-1-12-8)13-4-9-5-16(15-14-9)6-11(18)19/h5,8,12H,1-4,6-7H2,(H,13,17)(H,18,19). The van der Waals surface area contributed by atoms with Gasteiger partial charge in [-0.15, -0.1) is 5.10 Å². The zero-order chi connectivity index (χ0) is 14.4. The highest BCUT2D eigenvalue weighted by Gasteiger charge is 2.16. The molecule has 2 rings (SSSR count). The molecule has 9 heteroatoms. The van der Waals surface area contributed by atoms with Gasteiger partial charge in [-0.1, -0.05) is 5.21 Å². The number of nitrogens with zero attached hydrogens (tertiary/aromatic N) is 3. The van der Waals surface area contributed by atoms with Crippen molar-refractivity contribution in [3.8, 4) is 0 Å². The van der Waals surface area contributed by atoms with E-state index in [0.717, 1.165) is 18.1 Å². The number of aliphatic carboxylic acids is 1. The number of carboxylic acids is 1. The molecule has 2 heterocycles. The molecule has 3 N–H and O–H groups in total. The maximum absolute atomic E-state index is 11.8. The number of carbonyl (C=O) groups excluding carboxylic acids is 1. The Morgan fingerprint density at radius 1 is 1.60 bits per heavy atom. The van der Waals surface area contributed by atoms with Gasteiger partial charge in [0.1, 0.15) is 12.2 Å². The van der Waals surface area contributed by atoms with Crippen LogP contribution >= 0.6 is 11.8 Å². The van der Waals surface area contributed by atoms with E-state index in [0.29, 0.717) is 12.1 Å². The summed E-state index contributed by atoms with van der Waals surface area (Å²) in [6.45, 7) is 0.967. The van der Waals surface area contributed by atoms with Crippen LogP contribution in [0.25, 0.3) is 0 Å². The van der Waals surface area contributed by atoms with Crippen LogP contribution in [0.2, 0.25) is 0 Å². The monoisotopic (exact) mass is 299 g/mol. The van der Waals surface area contributed by atoms with Gasteiger partial charge in [-0.05, 0) is 0 Å². The molecule has 1 amide bonds. The van der Waals surface area contributed by atoms with Crippen LogP contribution in [0.1, 0.15) is 12.1 Å². The number of hydrogen-bond acceptors (Lipinski definition) is 6. The largest absolute Gasteiger partial charge is 0.480 e. The van der Waals surface area contributed by atoms with E-state index in [9.17, 15) is 9.59 Å². The van der Waals surface area contributed by atoms with E-state index in [-0.39, 0.29) is 25.0 Å². The van der Waals surface area contributed by atoms with Crippen molar-refractivity contribution in [1.29, 1.82) is 0 Å². The van der Waals surface area contributed by atoms with E-state index in [1.54, 1.807) is 0 Å². The third-order valence-electron chi connectivity index (χ3n) is 2.78. The highest BCUT2D eigenvalue weighted by molar-refractivity contribution is 7.99. The summed E-state index contributed by atoms with van der Waals surface area (Å²) in [6.07, 6.45) is 1.96. The van der Waals surface area contributed by atoms with Crippen LogP contribution < -0.4 is 10.6 Å². The molecular weight excluding hydrogens is 282 g/mol. The summed E-state index contributed by atoms with van der Waals surface area (Å²) in [7, 11) is 0. The first kappa shape index (κ1) is 14.8. The molecule has 0 bridgehead atoms. The summed E-state index contributed by atoms with van der Waals surface area (Å²) in [5, 5.41) is 22.1. The molecule has 0 aromatic carbocycles. The van der Waals surface area contributed by atoms with Crippen molar-refractivity contribution in [2.24, 2.45) is 0 Å². The van der Waals surface area contributed by atoms with Gasteiger partial charge < -0.3 is 15.7 Å². The summed E-state index contributed by atoms with van der Waals surface area (Å²) in [5.41, 5.74) is 0.547.